The number of aliphatic hydroxyl groups excluding tert-OH is 1. The van der Waals surface area contributed by atoms with Crippen LogP contribution in [0, 0.1) is 31.3 Å². The normalized spacial score (nSPS) is 12.5. The summed E-state index contributed by atoms with van der Waals surface area (Å²) in [4.78, 5) is 0. The smallest absolute Gasteiger partial charge is 0.129 e. The van der Waals surface area contributed by atoms with Gasteiger partial charge in [-0.25, -0.2) is 13.2 Å². The Morgan fingerprint density at radius 3 is 2.21 bits per heavy atom. The summed E-state index contributed by atoms with van der Waals surface area (Å²) in [6, 6.07) is 5.89. The van der Waals surface area contributed by atoms with Gasteiger partial charge in [-0.3, -0.25) is 0 Å². The minimum absolute atomic E-state index is 0.156. The van der Waals surface area contributed by atoms with Gasteiger partial charge in [0.15, 0.2) is 0 Å². The SMILES string of the molecule is Cc1cc(F)cc(C(O)c2cc(F)c(C)cc2F)c1. The highest BCUT2D eigenvalue weighted by atomic mass is 19.1. The Morgan fingerprint density at radius 1 is 0.895 bits per heavy atom. The molecule has 0 saturated heterocycles. The van der Waals surface area contributed by atoms with Gasteiger partial charge in [-0.2, -0.15) is 0 Å². The molecule has 0 radical (unpaired) electrons. The van der Waals surface area contributed by atoms with Crippen LogP contribution in [0.2, 0.25) is 0 Å². The van der Waals surface area contributed by atoms with Gasteiger partial charge in [-0.15, -0.1) is 0 Å². The lowest BCUT2D eigenvalue weighted by molar-refractivity contribution is 0.213. The number of aliphatic hydroxyl groups is 1. The first-order valence-electron chi connectivity index (χ1n) is 5.79. The van der Waals surface area contributed by atoms with Gasteiger partial charge in [0.1, 0.15) is 23.6 Å². The molecule has 0 heterocycles. The standard InChI is InChI=1S/C15H13F3O/c1-8-3-10(6-11(16)4-8)15(19)12-7-13(17)9(2)5-14(12)18/h3-7,15,19H,1-2H3. The molecule has 0 aliphatic heterocycles. The molecule has 1 unspecified atom stereocenters. The van der Waals surface area contributed by atoms with Crippen molar-refractivity contribution in [2.75, 3.05) is 0 Å². The van der Waals surface area contributed by atoms with Crippen molar-refractivity contribution >= 4 is 0 Å². The highest BCUT2D eigenvalue weighted by molar-refractivity contribution is 5.35. The number of halogens is 3. The van der Waals surface area contributed by atoms with Crippen molar-refractivity contribution in [2.24, 2.45) is 0 Å². The van der Waals surface area contributed by atoms with Crippen molar-refractivity contribution < 1.29 is 18.3 Å². The number of benzene rings is 2. The van der Waals surface area contributed by atoms with Crippen LogP contribution in [0.3, 0.4) is 0 Å². The van der Waals surface area contributed by atoms with Gasteiger partial charge in [0.25, 0.3) is 0 Å². The second kappa shape index (κ2) is 5.05. The summed E-state index contributed by atoms with van der Waals surface area (Å²) in [5, 5.41) is 10.1. The maximum absolute atomic E-state index is 13.7. The molecule has 4 heteroatoms. The molecule has 2 aromatic rings. The molecule has 0 bridgehead atoms. The lowest BCUT2D eigenvalue weighted by Gasteiger charge is -2.14. The minimum atomic E-state index is -1.40. The molecule has 1 atom stereocenters. The Labute approximate surface area is 109 Å². The fourth-order valence-corrected chi connectivity index (χ4v) is 1.97. The Hall–Kier alpha value is -1.81. The van der Waals surface area contributed by atoms with Crippen LogP contribution in [0.5, 0.6) is 0 Å². The van der Waals surface area contributed by atoms with Gasteiger partial charge in [0, 0.05) is 5.56 Å². The molecule has 19 heavy (non-hydrogen) atoms. The average Bonchev–Trinajstić information content (AvgIpc) is 2.31. The van der Waals surface area contributed by atoms with Crippen molar-refractivity contribution in [3.8, 4) is 0 Å². The highest BCUT2D eigenvalue weighted by Gasteiger charge is 2.18. The van der Waals surface area contributed by atoms with Crippen molar-refractivity contribution in [3.05, 3.63) is 70.0 Å². The van der Waals surface area contributed by atoms with Crippen molar-refractivity contribution in [1.29, 1.82) is 0 Å². The molecule has 100 valence electrons. The third-order valence-corrected chi connectivity index (χ3v) is 2.95. The molecule has 1 nitrogen and oxygen atoms in total. The summed E-state index contributed by atoms with van der Waals surface area (Å²) < 4.78 is 40.5. The number of rotatable bonds is 2. The Bertz CT molecular complexity index is 603. The molecule has 0 fully saturated rings. The van der Waals surface area contributed by atoms with Crippen LogP contribution in [-0.2, 0) is 0 Å². The Kier molecular flexibility index (Phi) is 3.62. The van der Waals surface area contributed by atoms with E-state index in [4.69, 9.17) is 0 Å². The fourth-order valence-electron chi connectivity index (χ4n) is 1.97. The lowest BCUT2D eigenvalue weighted by Crippen LogP contribution is -2.05. The van der Waals surface area contributed by atoms with Crippen LogP contribution in [0.15, 0.2) is 30.3 Å². The molecule has 0 spiro atoms. The van der Waals surface area contributed by atoms with Crippen LogP contribution < -0.4 is 0 Å². The summed E-state index contributed by atoms with van der Waals surface area (Å²) in [7, 11) is 0. The van der Waals surface area contributed by atoms with E-state index in [-0.39, 0.29) is 16.7 Å². The van der Waals surface area contributed by atoms with Crippen LogP contribution >= 0.6 is 0 Å². The second-order valence-corrected chi connectivity index (χ2v) is 4.59. The van der Waals surface area contributed by atoms with Crippen molar-refractivity contribution in [2.45, 2.75) is 20.0 Å². The van der Waals surface area contributed by atoms with Gasteiger partial charge >= 0.3 is 0 Å². The highest BCUT2D eigenvalue weighted by Crippen LogP contribution is 2.27. The first-order valence-corrected chi connectivity index (χ1v) is 5.79. The van der Waals surface area contributed by atoms with E-state index in [0.29, 0.717) is 5.56 Å². The minimum Gasteiger partial charge on any atom is -0.384 e. The van der Waals surface area contributed by atoms with Crippen LogP contribution in [-0.4, -0.2) is 5.11 Å². The lowest BCUT2D eigenvalue weighted by atomic mass is 9.98. The molecule has 0 saturated carbocycles. The fraction of sp³-hybridized carbons (Fsp3) is 0.200. The van der Waals surface area contributed by atoms with E-state index in [1.165, 1.54) is 19.1 Å². The van der Waals surface area contributed by atoms with E-state index >= 15 is 0 Å². The molecule has 0 aliphatic rings. The molecule has 0 amide bonds. The molecular formula is C15H13F3O. The first-order chi connectivity index (χ1) is 8.88. The quantitative estimate of drug-likeness (QED) is 0.876. The number of hydrogen-bond donors (Lipinski definition) is 1. The summed E-state index contributed by atoms with van der Waals surface area (Å²) in [6.07, 6.45) is -1.40. The first kappa shape index (κ1) is 13.6. The molecule has 0 aliphatic carbocycles. The van der Waals surface area contributed by atoms with Crippen LogP contribution in [0.25, 0.3) is 0 Å². The molecule has 1 N–H and O–H groups in total. The zero-order chi connectivity index (χ0) is 14.2. The van der Waals surface area contributed by atoms with Crippen molar-refractivity contribution in [3.63, 3.8) is 0 Å². The van der Waals surface area contributed by atoms with Gasteiger partial charge in [-0.1, -0.05) is 6.07 Å². The van der Waals surface area contributed by atoms with E-state index < -0.39 is 23.6 Å². The number of aryl methyl sites for hydroxylation is 2. The van der Waals surface area contributed by atoms with E-state index in [2.05, 4.69) is 0 Å². The molecule has 0 aromatic heterocycles. The summed E-state index contributed by atoms with van der Waals surface area (Å²) in [5.41, 5.74) is 0.749. The second-order valence-electron chi connectivity index (χ2n) is 4.59. The third kappa shape index (κ3) is 2.79. The summed E-state index contributed by atoms with van der Waals surface area (Å²) >= 11 is 0. The largest absolute Gasteiger partial charge is 0.384 e. The Balaban J connectivity index is 2.49. The van der Waals surface area contributed by atoms with E-state index in [9.17, 15) is 18.3 Å². The Morgan fingerprint density at radius 2 is 1.58 bits per heavy atom. The maximum Gasteiger partial charge on any atom is 0.129 e. The number of hydrogen-bond acceptors (Lipinski definition) is 1. The van der Waals surface area contributed by atoms with E-state index in [0.717, 1.165) is 18.2 Å². The monoisotopic (exact) mass is 266 g/mol. The van der Waals surface area contributed by atoms with E-state index in [1.54, 1.807) is 6.92 Å². The molecule has 2 aromatic carbocycles. The van der Waals surface area contributed by atoms with Crippen molar-refractivity contribution in [1.82, 2.24) is 0 Å². The third-order valence-electron chi connectivity index (χ3n) is 2.95. The predicted octanol–water partition coefficient (Wildman–Crippen LogP) is 3.80. The maximum atomic E-state index is 13.7. The molecule has 2 rings (SSSR count). The predicted molar refractivity (Wildman–Crippen MR) is 66.3 cm³/mol. The topological polar surface area (TPSA) is 20.2 Å². The van der Waals surface area contributed by atoms with E-state index in [1.807, 2.05) is 0 Å². The van der Waals surface area contributed by atoms with Gasteiger partial charge in [-0.05, 0) is 54.8 Å². The van der Waals surface area contributed by atoms with Gasteiger partial charge in [0.2, 0.25) is 0 Å². The van der Waals surface area contributed by atoms with Crippen LogP contribution in [0.1, 0.15) is 28.4 Å². The zero-order valence-corrected chi connectivity index (χ0v) is 10.5. The zero-order valence-electron chi connectivity index (χ0n) is 10.5. The van der Waals surface area contributed by atoms with Gasteiger partial charge in [0.05, 0.1) is 0 Å². The van der Waals surface area contributed by atoms with Gasteiger partial charge < -0.3 is 5.11 Å². The molecular weight excluding hydrogens is 253 g/mol. The average molecular weight is 266 g/mol. The summed E-state index contributed by atoms with van der Waals surface area (Å²) in [5.74, 6) is -1.85. The van der Waals surface area contributed by atoms with Crippen LogP contribution in [0.4, 0.5) is 13.2 Å². The summed E-state index contributed by atoms with van der Waals surface area (Å²) in [6.45, 7) is 3.09.